The number of aryl methyl sites for hydroxylation is 1. The topological polar surface area (TPSA) is 77.1 Å². The molecule has 0 bridgehead atoms. The van der Waals surface area contributed by atoms with Crippen LogP contribution in [0.4, 0.5) is 19.0 Å². The number of anilines is 1. The van der Waals surface area contributed by atoms with Gasteiger partial charge in [-0.05, 0) is 42.3 Å². The fourth-order valence-corrected chi connectivity index (χ4v) is 4.86. The number of nitrogens with one attached hydrogen (secondary N) is 1. The first-order valence-corrected chi connectivity index (χ1v) is 12.5. The molecule has 0 fully saturated rings. The summed E-state index contributed by atoms with van der Waals surface area (Å²) >= 11 is 13.5. The zero-order valence-electron chi connectivity index (χ0n) is 19.1. The van der Waals surface area contributed by atoms with Gasteiger partial charge in [-0.1, -0.05) is 42.3 Å². The fraction of sp³-hybridized carbons (Fsp3) is 0.167. The van der Waals surface area contributed by atoms with Gasteiger partial charge in [0.05, 0.1) is 17.1 Å². The lowest BCUT2D eigenvalue weighted by Gasteiger charge is -2.10. The molecule has 0 saturated carbocycles. The molecular weight excluding hydrogens is 548 g/mol. The largest absolute Gasteiger partial charge is 0.433 e. The molecule has 0 spiro atoms. The van der Waals surface area contributed by atoms with Crippen LogP contribution in [0.1, 0.15) is 33.5 Å². The van der Waals surface area contributed by atoms with Crippen molar-refractivity contribution in [3.63, 3.8) is 0 Å². The highest BCUT2D eigenvalue weighted by Gasteiger charge is 2.36. The van der Waals surface area contributed by atoms with Crippen LogP contribution in [0.3, 0.4) is 0 Å². The summed E-state index contributed by atoms with van der Waals surface area (Å²) < 4.78 is 43.8. The monoisotopic (exact) mass is 564 g/mol. The van der Waals surface area contributed by atoms with Gasteiger partial charge in [-0.25, -0.2) is 9.50 Å². The Labute approximate surface area is 222 Å². The Hall–Kier alpha value is -3.41. The molecular formula is C24H17Cl2F3N6OS. The number of hydrogen-bond acceptors (Lipinski definition) is 5. The first-order chi connectivity index (χ1) is 17.6. The molecule has 1 aromatic carbocycles. The number of rotatable bonds is 6. The molecule has 4 heterocycles. The lowest BCUT2D eigenvalue weighted by molar-refractivity contribution is -0.142. The number of aromatic nitrogens is 5. The van der Waals surface area contributed by atoms with E-state index in [0.717, 1.165) is 22.9 Å². The molecule has 0 radical (unpaired) electrons. The third-order valence-electron chi connectivity index (χ3n) is 5.42. The maximum absolute atomic E-state index is 13.9. The van der Waals surface area contributed by atoms with Crippen molar-refractivity contribution in [2.45, 2.75) is 26.1 Å². The van der Waals surface area contributed by atoms with E-state index < -0.39 is 17.8 Å². The van der Waals surface area contributed by atoms with Crippen molar-refractivity contribution in [2.24, 2.45) is 0 Å². The van der Waals surface area contributed by atoms with E-state index >= 15 is 0 Å². The molecule has 1 amide bonds. The highest BCUT2D eigenvalue weighted by Crippen LogP contribution is 2.34. The van der Waals surface area contributed by atoms with Crippen LogP contribution in [0, 0.1) is 0 Å². The molecule has 0 aliphatic carbocycles. The minimum Gasteiger partial charge on any atom is -0.302 e. The molecule has 13 heteroatoms. The molecule has 5 rings (SSSR count). The Morgan fingerprint density at radius 3 is 2.51 bits per heavy atom. The van der Waals surface area contributed by atoms with Crippen molar-refractivity contribution in [1.82, 2.24) is 24.4 Å². The first kappa shape index (κ1) is 25.2. The molecule has 0 aliphatic heterocycles. The van der Waals surface area contributed by atoms with Gasteiger partial charge in [-0.2, -0.15) is 23.4 Å². The maximum Gasteiger partial charge on any atom is 0.433 e. The quantitative estimate of drug-likeness (QED) is 0.245. The SMILES string of the molecule is CCc1ccc(-c2cc(C(F)(F)F)n3nc(C(=O)Nc4nn(Cc5ccc(Cl)cc5)cc4Cl)cc3n2)s1. The lowest BCUT2D eigenvalue weighted by atomic mass is 10.2. The van der Waals surface area contributed by atoms with Gasteiger partial charge in [0, 0.05) is 22.2 Å². The summed E-state index contributed by atoms with van der Waals surface area (Å²) in [4.78, 5) is 18.8. The van der Waals surface area contributed by atoms with E-state index in [9.17, 15) is 18.0 Å². The van der Waals surface area contributed by atoms with Gasteiger partial charge >= 0.3 is 6.18 Å². The van der Waals surface area contributed by atoms with Crippen LogP contribution < -0.4 is 5.32 Å². The molecule has 7 nitrogen and oxygen atoms in total. The summed E-state index contributed by atoms with van der Waals surface area (Å²) in [7, 11) is 0. The zero-order chi connectivity index (χ0) is 26.3. The van der Waals surface area contributed by atoms with Crippen LogP contribution in [0.15, 0.2) is 54.7 Å². The maximum atomic E-state index is 13.9. The summed E-state index contributed by atoms with van der Waals surface area (Å²) in [6, 6.07) is 12.8. The predicted octanol–water partition coefficient (Wildman–Crippen LogP) is 6.84. The summed E-state index contributed by atoms with van der Waals surface area (Å²) in [6.45, 7) is 2.33. The van der Waals surface area contributed by atoms with Gasteiger partial charge in [0.25, 0.3) is 5.91 Å². The van der Waals surface area contributed by atoms with E-state index in [0.29, 0.717) is 21.0 Å². The van der Waals surface area contributed by atoms with Crippen LogP contribution in [0.2, 0.25) is 10.0 Å². The zero-order valence-corrected chi connectivity index (χ0v) is 21.4. The second-order valence-corrected chi connectivity index (χ2v) is 10.1. The standard InChI is InChI=1S/C24H17Cl2F3N6OS/c1-2-15-7-8-19(37-15)17-9-20(24(27,28)29)35-21(30-17)10-18(32-35)23(36)31-22-16(26)12-34(33-22)11-13-3-5-14(25)6-4-13/h3-10,12H,2,11H2,1H3,(H,31,33,36). The fourth-order valence-electron chi connectivity index (χ4n) is 3.63. The number of carbonyl (C=O) groups is 1. The van der Waals surface area contributed by atoms with Gasteiger partial charge in [0.1, 0.15) is 5.02 Å². The van der Waals surface area contributed by atoms with E-state index in [1.54, 1.807) is 18.2 Å². The van der Waals surface area contributed by atoms with E-state index in [1.165, 1.54) is 28.3 Å². The van der Waals surface area contributed by atoms with Crippen molar-refractivity contribution in [3.05, 3.63) is 86.6 Å². The average Bonchev–Trinajstić information content (AvgIpc) is 3.58. The Balaban J connectivity index is 1.44. The Morgan fingerprint density at radius 1 is 1.08 bits per heavy atom. The van der Waals surface area contributed by atoms with Gasteiger partial charge < -0.3 is 5.32 Å². The number of amides is 1. The number of hydrogen-bond donors (Lipinski definition) is 1. The number of benzene rings is 1. The summed E-state index contributed by atoms with van der Waals surface area (Å²) in [6.07, 6.45) is -2.44. The van der Waals surface area contributed by atoms with E-state index in [2.05, 4.69) is 20.5 Å². The molecule has 0 aliphatic rings. The number of thiophene rings is 1. The first-order valence-electron chi connectivity index (χ1n) is 11.0. The highest BCUT2D eigenvalue weighted by molar-refractivity contribution is 7.15. The number of nitrogens with zero attached hydrogens (tertiary/aromatic N) is 5. The van der Waals surface area contributed by atoms with Crippen LogP contribution in [0.5, 0.6) is 0 Å². The Morgan fingerprint density at radius 2 is 1.84 bits per heavy atom. The molecule has 0 atom stereocenters. The molecule has 0 saturated heterocycles. The second-order valence-electron chi connectivity index (χ2n) is 8.05. The van der Waals surface area contributed by atoms with Crippen LogP contribution in [0.25, 0.3) is 16.2 Å². The molecule has 37 heavy (non-hydrogen) atoms. The molecule has 0 unspecified atom stereocenters. The van der Waals surface area contributed by atoms with Crippen LogP contribution >= 0.6 is 34.5 Å². The van der Waals surface area contributed by atoms with Gasteiger partial charge in [-0.15, -0.1) is 11.3 Å². The summed E-state index contributed by atoms with van der Waals surface area (Å²) in [5.41, 5.74) is -0.358. The molecule has 1 N–H and O–H groups in total. The molecule has 4 aromatic heterocycles. The van der Waals surface area contributed by atoms with Crippen molar-refractivity contribution >= 4 is 51.9 Å². The van der Waals surface area contributed by atoms with Crippen molar-refractivity contribution in [1.29, 1.82) is 0 Å². The molecule has 190 valence electrons. The van der Waals surface area contributed by atoms with Gasteiger partial charge in [0.15, 0.2) is 22.9 Å². The smallest absolute Gasteiger partial charge is 0.302 e. The Bertz CT molecular complexity index is 1610. The third-order valence-corrected chi connectivity index (χ3v) is 7.20. The normalized spacial score (nSPS) is 11.8. The second kappa shape index (κ2) is 9.81. The van der Waals surface area contributed by atoms with E-state index in [-0.39, 0.29) is 27.9 Å². The highest BCUT2D eigenvalue weighted by atomic mass is 35.5. The Kier molecular flexibility index (Phi) is 6.69. The lowest BCUT2D eigenvalue weighted by Crippen LogP contribution is -2.16. The minimum atomic E-state index is -4.72. The van der Waals surface area contributed by atoms with E-state index in [1.807, 2.05) is 25.1 Å². The average molecular weight is 565 g/mol. The third kappa shape index (κ3) is 5.34. The van der Waals surface area contributed by atoms with Crippen molar-refractivity contribution in [3.8, 4) is 10.6 Å². The van der Waals surface area contributed by atoms with Crippen LogP contribution in [-0.4, -0.2) is 30.3 Å². The minimum absolute atomic E-state index is 0.0491. The molecule has 5 aromatic rings. The van der Waals surface area contributed by atoms with E-state index in [4.69, 9.17) is 23.2 Å². The number of carbonyl (C=O) groups excluding carboxylic acids is 1. The number of halogens is 5. The number of alkyl halides is 3. The van der Waals surface area contributed by atoms with Crippen molar-refractivity contribution < 1.29 is 18.0 Å². The summed E-state index contributed by atoms with van der Waals surface area (Å²) in [5.74, 6) is -0.726. The predicted molar refractivity (Wildman–Crippen MR) is 136 cm³/mol. The van der Waals surface area contributed by atoms with Gasteiger partial charge in [0.2, 0.25) is 0 Å². The van der Waals surface area contributed by atoms with Crippen molar-refractivity contribution in [2.75, 3.05) is 5.32 Å². The van der Waals surface area contributed by atoms with Crippen LogP contribution in [-0.2, 0) is 19.1 Å². The number of fused-ring (bicyclic) bond motifs is 1. The van der Waals surface area contributed by atoms with Gasteiger partial charge in [-0.3, -0.25) is 9.48 Å². The summed E-state index contributed by atoms with van der Waals surface area (Å²) in [5, 5.41) is 11.4.